The Morgan fingerprint density at radius 3 is 2.43 bits per heavy atom. The minimum absolute atomic E-state index is 0.178. The van der Waals surface area contributed by atoms with Crippen LogP contribution in [0, 0.1) is 5.92 Å². The predicted molar refractivity (Wildman–Crippen MR) is 122 cm³/mol. The van der Waals surface area contributed by atoms with E-state index in [1.807, 2.05) is 43.1 Å². The lowest BCUT2D eigenvalue weighted by atomic mass is 9.94. The van der Waals surface area contributed by atoms with E-state index < -0.39 is 0 Å². The van der Waals surface area contributed by atoms with Crippen molar-refractivity contribution in [2.75, 3.05) is 14.2 Å². The summed E-state index contributed by atoms with van der Waals surface area (Å²) in [5, 5.41) is 9.52. The van der Waals surface area contributed by atoms with Crippen molar-refractivity contribution < 1.29 is 9.53 Å². The number of aromatic nitrogens is 3. The smallest absolute Gasteiger partial charge is 0.235 e. The van der Waals surface area contributed by atoms with Gasteiger partial charge < -0.3 is 14.2 Å². The molecule has 1 aromatic carbocycles. The van der Waals surface area contributed by atoms with Crippen LogP contribution in [0.1, 0.15) is 52.9 Å². The number of carbonyl (C=O) groups is 1. The molecular weight excluding hydrogens is 396 g/mol. The molecule has 1 amide bonds. The summed E-state index contributed by atoms with van der Waals surface area (Å²) in [6.07, 6.45) is 5.96. The molecule has 0 unspecified atom stereocenters. The van der Waals surface area contributed by atoms with Gasteiger partial charge in [-0.1, -0.05) is 44.9 Å². The minimum Gasteiger partial charge on any atom is -0.497 e. The van der Waals surface area contributed by atoms with Crippen molar-refractivity contribution in [2.45, 2.75) is 75.9 Å². The van der Waals surface area contributed by atoms with Crippen LogP contribution in [0.15, 0.2) is 29.4 Å². The second-order valence-corrected chi connectivity index (χ2v) is 9.85. The van der Waals surface area contributed by atoms with E-state index in [1.54, 1.807) is 7.11 Å². The zero-order valence-corrected chi connectivity index (χ0v) is 19.6. The van der Waals surface area contributed by atoms with Gasteiger partial charge in [0.1, 0.15) is 5.75 Å². The van der Waals surface area contributed by atoms with Crippen LogP contribution >= 0.6 is 11.8 Å². The lowest BCUT2D eigenvalue weighted by Crippen LogP contribution is -2.42. The molecule has 1 heterocycles. The van der Waals surface area contributed by atoms with Gasteiger partial charge in [0.05, 0.1) is 12.4 Å². The fourth-order valence-corrected chi connectivity index (χ4v) is 4.96. The lowest BCUT2D eigenvalue weighted by Gasteiger charge is -2.32. The Labute approximate surface area is 184 Å². The molecular formula is C23H34N4O2S. The number of rotatable bonds is 8. The van der Waals surface area contributed by atoms with E-state index in [0.29, 0.717) is 12.0 Å². The summed E-state index contributed by atoms with van der Waals surface area (Å²) in [7, 11) is 3.62. The zero-order valence-electron chi connectivity index (χ0n) is 18.8. The number of hydrogen-bond donors (Lipinski definition) is 0. The summed E-state index contributed by atoms with van der Waals surface area (Å²) < 4.78 is 7.41. The Bertz CT molecular complexity index is 828. The number of ether oxygens (including phenoxy) is 1. The molecule has 0 bridgehead atoms. The number of hydrogen-bond acceptors (Lipinski definition) is 5. The monoisotopic (exact) mass is 430 g/mol. The van der Waals surface area contributed by atoms with Crippen LogP contribution in [0.2, 0.25) is 0 Å². The Morgan fingerprint density at radius 2 is 1.83 bits per heavy atom. The first-order valence-electron chi connectivity index (χ1n) is 10.9. The molecule has 1 saturated carbocycles. The normalized spacial score (nSPS) is 15.9. The Balaban J connectivity index is 1.78. The molecule has 1 aliphatic rings. The number of nitrogens with zero attached hydrogens (tertiary/aromatic N) is 4. The van der Waals surface area contributed by atoms with Gasteiger partial charge in [-0.15, -0.1) is 10.2 Å². The highest BCUT2D eigenvalue weighted by atomic mass is 32.2. The van der Waals surface area contributed by atoms with Crippen molar-refractivity contribution in [1.29, 1.82) is 0 Å². The number of carbonyl (C=O) groups excluding carboxylic acids is 1. The average molecular weight is 431 g/mol. The Hall–Kier alpha value is -2.02. The van der Waals surface area contributed by atoms with Crippen molar-refractivity contribution >= 4 is 17.7 Å². The van der Waals surface area contributed by atoms with E-state index in [-0.39, 0.29) is 11.2 Å². The summed E-state index contributed by atoms with van der Waals surface area (Å²) in [6.45, 7) is 7.14. The van der Waals surface area contributed by atoms with Crippen LogP contribution in [-0.4, -0.2) is 51.0 Å². The summed E-state index contributed by atoms with van der Waals surface area (Å²) in [4.78, 5) is 15.0. The van der Waals surface area contributed by atoms with Gasteiger partial charge >= 0.3 is 0 Å². The summed E-state index contributed by atoms with van der Waals surface area (Å²) >= 11 is 1.51. The molecule has 0 saturated heterocycles. The first kappa shape index (κ1) is 22.7. The van der Waals surface area contributed by atoms with Gasteiger partial charge in [-0.25, -0.2) is 0 Å². The summed E-state index contributed by atoms with van der Waals surface area (Å²) in [5.74, 6) is 2.26. The first-order valence-corrected chi connectivity index (χ1v) is 11.8. The standard InChI is InChI=1S/C23H34N4O2S/c1-16(2)15-27-21(18-11-13-20(29-5)14-12-18)24-25-23(27)30-17(3)22(28)26(4)19-9-7-6-8-10-19/h11-14,16-17,19H,6-10,15H2,1-5H3/t17-/m1/s1. The highest BCUT2D eigenvalue weighted by molar-refractivity contribution is 8.00. The summed E-state index contributed by atoms with van der Waals surface area (Å²) in [6, 6.07) is 8.24. The third kappa shape index (κ3) is 5.36. The molecule has 3 rings (SSSR count). The molecule has 7 heteroatoms. The highest BCUT2D eigenvalue weighted by Gasteiger charge is 2.28. The number of methoxy groups -OCH3 is 1. The van der Waals surface area contributed by atoms with E-state index in [9.17, 15) is 4.79 Å². The quantitative estimate of drug-likeness (QED) is 0.559. The van der Waals surface area contributed by atoms with E-state index in [4.69, 9.17) is 4.74 Å². The van der Waals surface area contributed by atoms with Gasteiger partial charge in [0.15, 0.2) is 11.0 Å². The van der Waals surface area contributed by atoms with Gasteiger partial charge in [-0.2, -0.15) is 0 Å². The molecule has 1 aromatic heterocycles. The molecule has 30 heavy (non-hydrogen) atoms. The van der Waals surface area contributed by atoms with Crippen molar-refractivity contribution in [1.82, 2.24) is 19.7 Å². The predicted octanol–water partition coefficient (Wildman–Crippen LogP) is 4.88. The minimum atomic E-state index is -0.198. The molecule has 1 aliphatic carbocycles. The van der Waals surface area contributed by atoms with Crippen LogP contribution < -0.4 is 4.74 Å². The van der Waals surface area contributed by atoms with E-state index >= 15 is 0 Å². The van der Waals surface area contributed by atoms with Gasteiger partial charge in [0, 0.05) is 25.2 Å². The lowest BCUT2D eigenvalue weighted by molar-refractivity contribution is -0.131. The molecule has 164 valence electrons. The highest BCUT2D eigenvalue weighted by Crippen LogP contribution is 2.30. The third-order valence-electron chi connectivity index (χ3n) is 5.71. The Kier molecular flexibility index (Phi) is 7.81. The third-order valence-corrected chi connectivity index (χ3v) is 6.78. The molecule has 2 aromatic rings. The fourth-order valence-electron chi connectivity index (χ4n) is 4.00. The maximum absolute atomic E-state index is 13.1. The van der Waals surface area contributed by atoms with Gasteiger partial charge in [0.25, 0.3) is 0 Å². The van der Waals surface area contributed by atoms with Crippen molar-refractivity contribution in [3.05, 3.63) is 24.3 Å². The molecule has 1 atom stereocenters. The molecule has 1 fully saturated rings. The number of amides is 1. The van der Waals surface area contributed by atoms with E-state index in [2.05, 4.69) is 28.6 Å². The molecule has 6 nitrogen and oxygen atoms in total. The number of benzene rings is 1. The van der Waals surface area contributed by atoms with Gasteiger partial charge in [-0.05, 0) is 49.9 Å². The van der Waals surface area contributed by atoms with Gasteiger partial charge in [0.2, 0.25) is 5.91 Å². The topological polar surface area (TPSA) is 60.3 Å². The fraction of sp³-hybridized carbons (Fsp3) is 0.609. The Morgan fingerprint density at radius 1 is 1.17 bits per heavy atom. The van der Waals surface area contributed by atoms with E-state index in [1.165, 1.54) is 31.0 Å². The molecule has 0 N–H and O–H groups in total. The van der Waals surface area contributed by atoms with Crippen molar-refractivity contribution in [3.8, 4) is 17.1 Å². The van der Waals surface area contributed by atoms with Gasteiger partial charge in [-0.3, -0.25) is 4.79 Å². The second kappa shape index (κ2) is 10.3. The molecule has 0 radical (unpaired) electrons. The second-order valence-electron chi connectivity index (χ2n) is 8.54. The van der Waals surface area contributed by atoms with Crippen molar-refractivity contribution in [3.63, 3.8) is 0 Å². The van der Waals surface area contributed by atoms with Crippen molar-refractivity contribution in [2.24, 2.45) is 5.92 Å². The van der Waals surface area contributed by atoms with Crippen LogP contribution in [0.3, 0.4) is 0 Å². The first-order chi connectivity index (χ1) is 14.4. The maximum atomic E-state index is 13.1. The van der Waals surface area contributed by atoms with Crippen LogP contribution in [0.4, 0.5) is 0 Å². The zero-order chi connectivity index (χ0) is 21.7. The largest absolute Gasteiger partial charge is 0.497 e. The van der Waals surface area contributed by atoms with Crippen LogP contribution in [-0.2, 0) is 11.3 Å². The molecule has 0 aliphatic heterocycles. The summed E-state index contributed by atoms with van der Waals surface area (Å²) in [5.41, 5.74) is 0.995. The van der Waals surface area contributed by atoms with Crippen LogP contribution in [0.5, 0.6) is 5.75 Å². The van der Waals surface area contributed by atoms with Crippen LogP contribution in [0.25, 0.3) is 11.4 Å². The number of thioether (sulfide) groups is 1. The maximum Gasteiger partial charge on any atom is 0.235 e. The SMILES string of the molecule is COc1ccc(-c2nnc(S[C@H](C)C(=O)N(C)C3CCCCC3)n2CC(C)C)cc1. The van der Waals surface area contributed by atoms with E-state index in [0.717, 1.165) is 41.7 Å². The molecule has 0 spiro atoms. The average Bonchev–Trinajstić information content (AvgIpc) is 3.14.